The quantitative estimate of drug-likeness (QED) is 0.823. The average Bonchev–Trinajstić information content (AvgIpc) is 2.88. The monoisotopic (exact) mass is 272 g/mol. The first-order chi connectivity index (χ1) is 9.63. The van der Waals surface area contributed by atoms with Gasteiger partial charge in [0.05, 0.1) is 6.54 Å². The van der Waals surface area contributed by atoms with E-state index in [1.165, 1.54) is 4.90 Å². The second-order valence-corrected chi connectivity index (χ2v) is 4.42. The van der Waals surface area contributed by atoms with Crippen molar-refractivity contribution >= 4 is 23.3 Å². The van der Waals surface area contributed by atoms with Crippen molar-refractivity contribution in [1.29, 1.82) is 0 Å². The lowest BCUT2D eigenvalue weighted by Gasteiger charge is -2.26. The summed E-state index contributed by atoms with van der Waals surface area (Å²) in [4.78, 5) is 24.5. The number of anilines is 2. The molecule has 0 atom stereocenters. The van der Waals surface area contributed by atoms with Crippen LogP contribution in [0.15, 0.2) is 34.9 Å². The third-order valence-corrected chi connectivity index (χ3v) is 3.03. The number of rotatable bonds is 2. The van der Waals surface area contributed by atoms with Gasteiger partial charge in [-0.05, 0) is 24.3 Å². The van der Waals surface area contributed by atoms with Gasteiger partial charge in [-0.15, -0.1) is 0 Å². The Kier molecular flexibility index (Phi) is 2.86. The minimum absolute atomic E-state index is 0.0270. The predicted molar refractivity (Wildman–Crippen MR) is 71.7 cm³/mol. The zero-order valence-corrected chi connectivity index (χ0v) is 10.5. The Hall–Kier alpha value is -2.83. The Bertz CT molecular complexity index is 663. The van der Waals surface area contributed by atoms with Crippen molar-refractivity contribution in [2.75, 3.05) is 23.7 Å². The van der Waals surface area contributed by atoms with Crippen LogP contribution in [0, 0.1) is 0 Å². The van der Waals surface area contributed by atoms with Gasteiger partial charge >= 0.3 is 0 Å². The topological polar surface area (TPSA) is 101 Å². The van der Waals surface area contributed by atoms with Crippen LogP contribution >= 0.6 is 0 Å². The minimum atomic E-state index is -0.170. The molecule has 0 saturated carbocycles. The number of hydrogen-bond acceptors (Lipinski definition) is 5. The van der Waals surface area contributed by atoms with Crippen LogP contribution in [0.2, 0.25) is 0 Å². The highest BCUT2D eigenvalue weighted by Gasteiger charge is 2.24. The molecule has 1 aliphatic heterocycles. The molecule has 0 radical (unpaired) electrons. The van der Waals surface area contributed by atoms with Gasteiger partial charge in [0.15, 0.2) is 11.6 Å². The number of carbonyl (C=O) groups excluding carboxylic acids is 2. The van der Waals surface area contributed by atoms with Crippen LogP contribution in [-0.2, 0) is 9.59 Å². The van der Waals surface area contributed by atoms with E-state index in [1.54, 1.807) is 30.3 Å². The second-order valence-electron chi connectivity index (χ2n) is 4.42. The Morgan fingerprint density at radius 3 is 2.65 bits per heavy atom. The predicted octanol–water partition coefficient (Wildman–Crippen LogP) is 0.387. The molecule has 0 spiro atoms. The number of carbonyl (C=O) groups is 2. The largest absolute Gasteiger partial charge is 0.381 e. The molecular weight excluding hydrogens is 260 g/mol. The summed E-state index contributed by atoms with van der Waals surface area (Å²) in [7, 11) is 0. The molecular formula is C13H12N4O3. The number of amides is 2. The Morgan fingerprint density at radius 1 is 1.25 bits per heavy atom. The molecule has 3 rings (SSSR count). The maximum absolute atomic E-state index is 11.8. The van der Waals surface area contributed by atoms with E-state index in [4.69, 9.17) is 10.3 Å². The fraction of sp³-hybridized carbons (Fsp3) is 0.154. The Labute approximate surface area is 114 Å². The molecule has 7 nitrogen and oxygen atoms in total. The van der Waals surface area contributed by atoms with Crippen molar-refractivity contribution in [2.24, 2.45) is 0 Å². The van der Waals surface area contributed by atoms with Crippen LogP contribution in [0.5, 0.6) is 0 Å². The van der Waals surface area contributed by atoms with E-state index >= 15 is 0 Å². The Balaban J connectivity index is 1.85. The molecule has 1 fully saturated rings. The van der Waals surface area contributed by atoms with E-state index in [-0.39, 0.29) is 24.9 Å². The average molecular weight is 272 g/mol. The first kappa shape index (κ1) is 12.2. The van der Waals surface area contributed by atoms with E-state index in [0.29, 0.717) is 17.3 Å². The highest BCUT2D eigenvalue weighted by molar-refractivity contribution is 6.04. The van der Waals surface area contributed by atoms with Gasteiger partial charge in [0, 0.05) is 17.3 Å². The third-order valence-electron chi connectivity index (χ3n) is 3.03. The molecule has 0 unspecified atom stereocenters. The number of benzene rings is 1. The van der Waals surface area contributed by atoms with Gasteiger partial charge in [-0.2, -0.15) is 0 Å². The lowest BCUT2D eigenvalue weighted by Crippen LogP contribution is -2.51. The van der Waals surface area contributed by atoms with Crippen molar-refractivity contribution in [1.82, 2.24) is 10.5 Å². The fourth-order valence-electron chi connectivity index (χ4n) is 2.02. The summed E-state index contributed by atoms with van der Waals surface area (Å²) in [5.74, 6) is 0.557. The van der Waals surface area contributed by atoms with Crippen molar-refractivity contribution < 1.29 is 14.1 Å². The maximum atomic E-state index is 11.8. The molecule has 1 aromatic heterocycles. The van der Waals surface area contributed by atoms with Crippen LogP contribution in [0.4, 0.5) is 11.5 Å². The fourth-order valence-corrected chi connectivity index (χ4v) is 2.02. The van der Waals surface area contributed by atoms with Gasteiger partial charge in [0.1, 0.15) is 6.54 Å². The summed E-state index contributed by atoms with van der Waals surface area (Å²) < 4.78 is 5.05. The number of hydrogen-bond donors (Lipinski definition) is 2. The number of nitrogens with zero attached hydrogens (tertiary/aromatic N) is 2. The summed E-state index contributed by atoms with van der Waals surface area (Å²) in [6.07, 6.45) is 0. The highest BCUT2D eigenvalue weighted by atomic mass is 16.5. The first-order valence-corrected chi connectivity index (χ1v) is 6.03. The number of aromatic nitrogens is 1. The number of nitrogens with two attached hydrogens (primary N) is 1. The Morgan fingerprint density at radius 2 is 2.00 bits per heavy atom. The van der Waals surface area contributed by atoms with Crippen molar-refractivity contribution in [3.05, 3.63) is 30.3 Å². The van der Waals surface area contributed by atoms with E-state index in [1.807, 2.05) is 0 Å². The van der Waals surface area contributed by atoms with Crippen LogP contribution in [0.3, 0.4) is 0 Å². The summed E-state index contributed by atoms with van der Waals surface area (Å²) in [5, 5.41) is 6.12. The van der Waals surface area contributed by atoms with Crippen LogP contribution in [-0.4, -0.2) is 30.1 Å². The molecule has 1 aromatic carbocycles. The molecule has 0 aliphatic carbocycles. The summed E-state index contributed by atoms with van der Waals surface area (Å²) >= 11 is 0. The molecule has 2 heterocycles. The van der Waals surface area contributed by atoms with Gasteiger partial charge in [-0.1, -0.05) is 5.16 Å². The molecule has 2 amide bonds. The SMILES string of the molecule is Nc1cc(-c2ccc(N3CC(=O)NCC3=O)cc2)on1. The molecule has 102 valence electrons. The summed E-state index contributed by atoms with van der Waals surface area (Å²) in [6, 6.07) is 8.70. The molecule has 7 heteroatoms. The standard InChI is InChI=1S/C13H12N4O3/c14-11-5-10(20-16-11)8-1-3-9(4-2-8)17-7-12(18)15-6-13(17)19/h1-5H,6-7H2,(H2,14,16)(H,15,18). The zero-order valence-electron chi connectivity index (χ0n) is 10.5. The van der Waals surface area contributed by atoms with Crippen molar-refractivity contribution in [3.8, 4) is 11.3 Å². The van der Waals surface area contributed by atoms with E-state index in [2.05, 4.69) is 10.5 Å². The van der Waals surface area contributed by atoms with Gasteiger partial charge in [-0.25, -0.2) is 0 Å². The molecule has 2 aromatic rings. The molecule has 1 aliphatic rings. The van der Waals surface area contributed by atoms with Crippen LogP contribution < -0.4 is 16.0 Å². The molecule has 1 saturated heterocycles. The van der Waals surface area contributed by atoms with Crippen molar-refractivity contribution in [2.45, 2.75) is 0 Å². The van der Waals surface area contributed by atoms with Crippen LogP contribution in [0.25, 0.3) is 11.3 Å². The normalized spacial score (nSPS) is 15.3. The van der Waals surface area contributed by atoms with Gasteiger partial charge in [0.2, 0.25) is 11.8 Å². The highest BCUT2D eigenvalue weighted by Crippen LogP contribution is 2.24. The van der Waals surface area contributed by atoms with Gasteiger partial charge < -0.3 is 20.5 Å². The second kappa shape index (κ2) is 4.69. The zero-order chi connectivity index (χ0) is 14.1. The van der Waals surface area contributed by atoms with Crippen LogP contribution in [0.1, 0.15) is 0 Å². The smallest absolute Gasteiger partial charge is 0.246 e. The third kappa shape index (κ3) is 2.20. The lowest BCUT2D eigenvalue weighted by molar-refractivity contribution is -0.128. The number of nitrogen functional groups attached to an aromatic ring is 1. The molecule has 0 bridgehead atoms. The van der Waals surface area contributed by atoms with E-state index < -0.39 is 0 Å². The summed E-state index contributed by atoms with van der Waals surface area (Å²) in [5.41, 5.74) is 6.96. The minimum Gasteiger partial charge on any atom is -0.381 e. The lowest BCUT2D eigenvalue weighted by atomic mass is 10.1. The molecule has 20 heavy (non-hydrogen) atoms. The first-order valence-electron chi connectivity index (χ1n) is 6.03. The summed E-state index contributed by atoms with van der Waals surface area (Å²) in [6.45, 7) is 0.0622. The number of nitrogens with one attached hydrogen (secondary N) is 1. The van der Waals surface area contributed by atoms with E-state index in [9.17, 15) is 9.59 Å². The number of piperazine rings is 1. The van der Waals surface area contributed by atoms with E-state index in [0.717, 1.165) is 5.56 Å². The van der Waals surface area contributed by atoms with Gasteiger partial charge in [-0.3, -0.25) is 9.59 Å². The van der Waals surface area contributed by atoms with Gasteiger partial charge in [0.25, 0.3) is 0 Å². The molecule has 3 N–H and O–H groups in total. The van der Waals surface area contributed by atoms with Crippen molar-refractivity contribution in [3.63, 3.8) is 0 Å². The maximum Gasteiger partial charge on any atom is 0.246 e.